The molecule has 0 saturated carbocycles. The lowest BCUT2D eigenvalue weighted by Crippen LogP contribution is -2.03. The van der Waals surface area contributed by atoms with Gasteiger partial charge < -0.3 is 9.15 Å². The number of benzene rings is 2. The van der Waals surface area contributed by atoms with Crippen LogP contribution in [0.1, 0.15) is 11.1 Å². The zero-order chi connectivity index (χ0) is 14.4. The van der Waals surface area contributed by atoms with Crippen LogP contribution in [0, 0.1) is 13.8 Å². The Morgan fingerprint density at radius 3 is 2.60 bits per heavy atom. The van der Waals surface area contributed by atoms with Crippen LogP contribution in [0.3, 0.4) is 0 Å². The molecule has 0 aliphatic heterocycles. The second kappa shape index (κ2) is 4.53. The van der Waals surface area contributed by atoms with Crippen LogP contribution in [0.4, 0.5) is 0 Å². The van der Waals surface area contributed by atoms with Gasteiger partial charge >= 0.3 is 5.63 Å². The Bertz CT molecular complexity index is 894. The molecule has 0 unspecified atom stereocenters. The third-order valence-corrected chi connectivity index (χ3v) is 3.90. The van der Waals surface area contributed by atoms with Gasteiger partial charge in [0.25, 0.3) is 0 Å². The first-order valence-electron chi connectivity index (χ1n) is 6.24. The third-order valence-electron chi connectivity index (χ3n) is 3.55. The number of fused-ring (bicyclic) bond motifs is 3. The van der Waals surface area contributed by atoms with Crippen molar-refractivity contribution in [3.05, 3.63) is 50.8 Å². The van der Waals surface area contributed by atoms with Gasteiger partial charge in [0.1, 0.15) is 10.8 Å². The van der Waals surface area contributed by atoms with E-state index in [0.717, 1.165) is 21.9 Å². The molecule has 0 aliphatic rings. The summed E-state index contributed by atoms with van der Waals surface area (Å²) in [7, 11) is 1.54. The van der Waals surface area contributed by atoms with E-state index in [9.17, 15) is 4.79 Å². The molecule has 1 heterocycles. The molecule has 3 aromatic rings. The van der Waals surface area contributed by atoms with Gasteiger partial charge in [0, 0.05) is 10.8 Å². The molecule has 0 atom stereocenters. The molecule has 0 aliphatic carbocycles. The molecule has 0 fully saturated rings. The van der Waals surface area contributed by atoms with Crippen LogP contribution in [-0.2, 0) is 0 Å². The smallest absolute Gasteiger partial charge is 0.344 e. The molecule has 20 heavy (non-hydrogen) atoms. The zero-order valence-corrected chi connectivity index (χ0v) is 12.2. The summed E-state index contributed by atoms with van der Waals surface area (Å²) < 4.78 is 10.7. The molecule has 0 spiro atoms. The van der Waals surface area contributed by atoms with E-state index in [1.165, 1.54) is 7.11 Å². The molecule has 4 heteroatoms. The van der Waals surface area contributed by atoms with Crippen molar-refractivity contribution in [3.8, 4) is 5.75 Å². The molecule has 3 rings (SSSR count). The van der Waals surface area contributed by atoms with Crippen LogP contribution in [0.25, 0.3) is 21.7 Å². The number of aryl methyl sites for hydroxylation is 2. The summed E-state index contributed by atoms with van der Waals surface area (Å²) in [6.07, 6.45) is 0. The van der Waals surface area contributed by atoms with Gasteiger partial charge in [-0.3, -0.25) is 0 Å². The highest BCUT2D eigenvalue weighted by molar-refractivity contribution is 6.37. The van der Waals surface area contributed by atoms with Crippen molar-refractivity contribution in [2.24, 2.45) is 0 Å². The zero-order valence-electron chi connectivity index (χ0n) is 11.4. The highest BCUT2D eigenvalue weighted by atomic mass is 35.5. The number of hydrogen-bond acceptors (Lipinski definition) is 3. The van der Waals surface area contributed by atoms with Crippen molar-refractivity contribution in [3.63, 3.8) is 0 Å². The summed E-state index contributed by atoms with van der Waals surface area (Å²) in [5, 5.41) is 2.64. The van der Waals surface area contributed by atoms with E-state index in [2.05, 4.69) is 0 Å². The van der Waals surface area contributed by atoms with Crippen molar-refractivity contribution in [1.82, 2.24) is 0 Å². The van der Waals surface area contributed by atoms with Crippen molar-refractivity contribution >= 4 is 33.3 Å². The summed E-state index contributed by atoms with van der Waals surface area (Å²) in [6.45, 7) is 3.84. The first-order chi connectivity index (χ1) is 9.54. The van der Waals surface area contributed by atoms with E-state index in [1.807, 2.05) is 38.1 Å². The minimum atomic E-state index is -0.375. The quantitative estimate of drug-likeness (QED) is 0.497. The first kappa shape index (κ1) is 13.0. The minimum absolute atomic E-state index is 0.327. The third kappa shape index (κ3) is 1.70. The van der Waals surface area contributed by atoms with Crippen LogP contribution in [0.15, 0.2) is 33.5 Å². The Kier molecular flexibility index (Phi) is 2.94. The molecule has 3 nitrogen and oxygen atoms in total. The summed E-state index contributed by atoms with van der Waals surface area (Å²) in [4.78, 5) is 12.2. The van der Waals surface area contributed by atoms with Gasteiger partial charge in [-0.25, -0.2) is 4.79 Å². The molecule has 0 radical (unpaired) electrons. The van der Waals surface area contributed by atoms with Crippen LogP contribution in [0.2, 0.25) is 5.02 Å². The topological polar surface area (TPSA) is 39.4 Å². The lowest BCUT2D eigenvalue weighted by atomic mass is 10.0. The molecule has 2 aromatic carbocycles. The van der Waals surface area contributed by atoms with Gasteiger partial charge in [-0.05, 0) is 31.0 Å². The first-order valence-corrected chi connectivity index (χ1v) is 6.61. The van der Waals surface area contributed by atoms with Crippen LogP contribution in [-0.4, -0.2) is 7.11 Å². The number of ether oxygens (including phenoxy) is 1. The Balaban J connectivity index is 2.66. The van der Waals surface area contributed by atoms with E-state index in [-0.39, 0.29) is 5.63 Å². The van der Waals surface area contributed by atoms with Gasteiger partial charge in [-0.1, -0.05) is 29.8 Å². The Morgan fingerprint density at radius 2 is 1.90 bits per heavy atom. The van der Waals surface area contributed by atoms with Gasteiger partial charge in [-0.15, -0.1) is 0 Å². The van der Waals surface area contributed by atoms with Crippen LogP contribution in [0.5, 0.6) is 5.75 Å². The summed E-state index contributed by atoms with van der Waals surface area (Å²) in [5.41, 5.74) is 1.86. The highest BCUT2D eigenvalue weighted by Crippen LogP contribution is 2.37. The molecule has 0 amide bonds. The predicted molar refractivity (Wildman–Crippen MR) is 81.0 cm³/mol. The number of hydrogen-bond donors (Lipinski definition) is 0. The highest BCUT2D eigenvalue weighted by Gasteiger charge is 2.16. The lowest BCUT2D eigenvalue weighted by Gasteiger charge is -2.11. The predicted octanol–water partition coefficient (Wildman–Crippen LogP) is 4.23. The van der Waals surface area contributed by atoms with Crippen molar-refractivity contribution in [2.45, 2.75) is 13.8 Å². The SMILES string of the molecule is COc1cc(C)c2c(oc(=O)c3c(C)cccc32)c1Cl. The van der Waals surface area contributed by atoms with Crippen molar-refractivity contribution in [2.75, 3.05) is 7.11 Å². The number of methoxy groups -OCH3 is 1. The summed E-state index contributed by atoms with van der Waals surface area (Å²) >= 11 is 6.27. The van der Waals surface area contributed by atoms with Crippen molar-refractivity contribution in [1.29, 1.82) is 0 Å². The van der Waals surface area contributed by atoms with Crippen LogP contribution >= 0.6 is 11.6 Å². The molecule has 0 saturated heterocycles. The van der Waals surface area contributed by atoms with Crippen molar-refractivity contribution < 1.29 is 9.15 Å². The second-order valence-electron chi connectivity index (χ2n) is 4.80. The number of halogens is 1. The molecule has 1 aromatic heterocycles. The van der Waals surface area contributed by atoms with Gasteiger partial charge in [-0.2, -0.15) is 0 Å². The van der Waals surface area contributed by atoms with E-state index < -0.39 is 0 Å². The van der Waals surface area contributed by atoms with E-state index >= 15 is 0 Å². The molecule has 102 valence electrons. The normalized spacial score (nSPS) is 11.2. The maximum absolute atomic E-state index is 12.2. The largest absolute Gasteiger partial charge is 0.495 e. The second-order valence-corrected chi connectivity index (χ2v) is 5.18. The monoisotopic (exact) mass is 288 g/mol. The fourth-order valence-electron chi connectivity index (χ4n) is 2.60. The standard InChI is InChI=1S/C16H13ClO3/c1-8-5-4-6-10-12-9(2)7-11(19-3)14(17)15(12)20-16(18)13(8)10/h4-7H,1-3H3. The Morgan fingerprint density at radius 1 is 1.15 bits per heavy atom. The molecule has 0 N–H and O–H groups in total. The van der Waals surface area contributed by atoms with Gasteiger partial charge in [0.05, 0.1) is 12.5 Å². The lowest BCUT2D eigenvalue weighted by molar-refractivity contribution is 0.414. The van der Waals surface area contributed by atoms with E-state index in [1.54, 1.807) is 0 Å². The average molecular weight is 289 g/mol. The fourth-order valence-corrected chi connectivity index (χ4v) is 2.87. The minimum Gasteiger partial charge on any atom is -0.495 e. The summed E-state index contributed by atoms with van der Waals surface area (Å²) in [5.74, 6) is 0.506. The Labute approximate surface area is 120 Å². The average Bonchev–Trinajstić information content (AvgIpc) is 2.42. The van der Waals surface area contributed by atoms with E-state index in [4.69, 9.17) is 20.8 Å². The van der Waals surface area contributed by atoms with Gasteiger partial charge in [0.2, 0.25) is 0 Å². The molecule has 0 bridgehead atoms. The Hall–Kier alpha value is -2.00. The number of rotatable bonds is 1. The summed E-state index contributed by atoms with van der Waals surface area (Å²) in [6, 6.07) is 7.59. The van der Waals surface area contributed by atoms with E-state index in [0.29, 0.717) is 21.7 Å². The van der Waals surface area contributed by atoms with Gasteiger partial charge in [0.15, 0.2) is 5.58 Å². The maximum atomic E-state index is 12.2. The maximum Gasteiger partial charge on any atom is 0.344 e. The van der Waals surface area contributed by atoms with Crippen LogP contribution < -0.4 is 10.4 Å². The molecular weight excluding hydrogens is 276 g/mol. The molecular formula is C16H13ClO3. The fraction of sp³-hybridized carbons (Fsp3) is 0.188.